The van der Waals surface area contributed by atoms with Crippen LogP contribution in [0.4, 0.5) is 11.4 Å². The Morgan fingerprint density at radius 1 is 1.09 bits per heavy atom. The predicted molar refractivity (Wildman–Crippen MR) is 129 cm³/mol. The average Bonchev–Trinajstić information content (AvgIpc) is 2.77. The number of carbonyl (C=O) groups is 1. The minimum Gasteiger partial charge on any atom is -0.379 e. The molecule has 0 unspecified atom stereocenters. The largest absolute Gasteiger partial charge is 0.379 e. The third kappa shape index (κ3) is 6.37. The summed E-state index contributed by atoms with van der Waals surface area (Å²) in [6.07, 6.45) is 1.29. The van der Waals surface area contributed by atoms with E-state index in [1.165, 1.54) is 36.4 Å². The van der Waals surface area contributed by atoms with Crippen molar-refractivity contribution in [2.24, 2.45) is 0 Å². The predicted octanol–water partition coefficient (Wildman–Crippen LogP) is 4.51. The molecular formula is C22H14IN3O6S. The fourth-order valence-corrected chi connectivity index (χ4v) is 4.17. The highest BCUT2D eigenvalue weighted by atomic mass is 127. The smallest absolute Gasteiger partial charge is 0.339 e. The molecule has 11 heteroatoms. The lowest BCUT2D eigenvalue weighted by Gasteiger charge is -2.08. The van der Waals surface area contributed by atoms with Gasteiger partial charge in [-0.2, -0.15) is 13.7 Å². The van der Waals surface area contributed by atoms with Crippen molar-refractivity contribution in [1.82, 2.24) is 0 Å². The van der Waals surface area contributed by atoms with Gasteiger partial charge in [0.2, 0.25) is 0 Å². The van der Waals surface area contributed by atoms with Crippen LogP contribution in [-0.2, 0) is 14.9 Å². The van der Waals surface area contributed by atoms with Gasteiger partial charge in [-0.1, -0.05) is 24.3 Å². The summed E-state index contributed by atoms with van der Waals surface area (Å²) in [5.74, 6) is -0.722. The van der Waals surface area contributed by atoms with Crippen molar-refractivity contribution in [3.05, 3.63) is 97.6 Å². The van der Waals surface area contributed by atoms with Crippen LogP contribution in [0.3, 0.4) is 0 Å². The summed E-state index contributed by atoms with van der Waals surface area (Å²) in [6.45, 7) is 0. The van der Waals surface area contributed by atoms with Gasteiger partial charge in [0, 0.05) is 21.4 Å². The molecular weight excluding hydrogens is 561 g/mol. The third-order valence-electron chi connectivity index (χ3n) is 4.14. The monoisotopic (exact) mass is 575 g/mol. The van der Waals surface area contributed by atoms with Crippen LogP contribution in [0.15, 0.2) is 83.3 Å². The van der Waals surface area contributed by atoms with E-state index in [-0.39, 0.29) is 16.2 Å². The summed E-state index contributed by atoms with van der Waals surface area (Å²) < 4.78 is 31.0. The quantitative estimate of drug-likeness (QED) is 0.109. The van der Waals surface area contributed by atoms with Crippen LogP contribution in [0, 0.1) is 25.0 Å². The fourth-order valence-electron chi connectivity index (χ4n) is 2.66. The molecule has 3 aromatic carbocycles. The summed E-state index contributed by atoms with van der Waals surface area (Å²) in [5.41, 5.74) is 0.269. The Bertz CT molecular complexity index is 1410. The maximum Gasteiger partial charge on any atom is 0.339 e. The van der Waals surface area contributed by atoms with Crippen molar-refractivity contribution < 1.29 is 22.3 Å². The minimum absolute atomic E-state index is 0.0921. The molecule has 0 aliphatic rings. The molecule has 1 amide bonds. The second kappa shape index (κ2) is 10.2. The van der Waals surface area contributed by atoms with Crippen molar-refractivity contribution in [2.45, 2.75) is 4.90 Å². The van der Waals surface area contributed by atoms with Crippen molar-refractivity contribution in [3.8, 4) is 11.8 Å². The number of nitriles is 1. The zero-order valence-corrected chi connectivity index (χ0v) is 19.6. The van der Waals surface area contributed by atoms with E-state index in [2.05, 4.69) is 27.9 Å². The Labute approximate surface area is 202 Å². The highest BCUT2D eigenvalue weighted by Gasteiger charge is 2.20. The molecule has 0 saturated heterocycles. The van der Waals surface area contributed by atoms with Crippen LogP contribution in [-0.4, -0.2) is 19.2 Å². The van der Waals surface area contributed by atoms with Gasteiger partial charge in [-0.15, -0.1) is 0 Å². The molecule has 0 radical (unpaired) electrons. The summed E-state index contributed by atoms with van der Waals surface area (Å²) in [4.78, 5) is 22.3. The van der Waals surface area contributed by atoms with Crippen molar-refractivity contribution >= 4 is 56.1 Å². The maximum atomic E-state index is 12.5. The number of anilines is 1. The first kappa shape index (κ1) is 23.9. The Hall–Kier alpha value is -3.76. The zero-order valence-electron chi connectivity index (χ0n) is 16.6. The van der Waals surface area contributed by atoms with Gasteiger partial charge in [-0.25, -0.2) is 0 Å². The molecule has 9 nitrogen and oxygen atoms in total. The normalized spacial score (nSPS) is 11.3. The van der Waals surface area contributed by atoms with Gasteiger partial charge in [0.05, 0.1) is 4.92 Å². The SMILES string of the molecule is N#C/C(=C\c1cccc(OS(=O)(=O)c2cccc([N+](=O)[O-])c2)c1)C(=O)Nc1cccc(I)c1. The van der Waals surface area contributed by atoms with Gasteiger partial charge in [0.15, 0.2) is 0 Å². The minimum atomic E-state index is -4.35. The lowest BCUT2D eigenvalue weighted by Crippen LogP contribution is -2.13. The number of nitrogens with zero attached hydrogens (tertiary/aromatic N) is 2. The number of amides is 1. The number of nitro groups is 1. The third-order valence-corrected chi connectivity index (χ3v) is 6.05. The van der Waals surface area contributed by atoms with E-state index in [1.807, 2.05) is 12.1 Å². The van der Waals surface area contributed by atoms with E-state index in [0.717, 1.165) is 15.7 Å². The molecule has 0 bridgehead atoms. The van der Waals surface area contributed by atoms with E-state index in [9.17, 15) is 28.6 Å². The van der Waals surface area contributed by atoms with Crippen LogP contribution in [0.25, 0.3) is 6.08 Å². The van der Waals surface area contributed by atoms with Crippen molar-refractivity contribution in [3.63, 3.8) is 0 Å². The number of rotatable bonds is 7. The van der Waals surface area contributed by atoms with E-state index in [4.69, 9.17) is 4.18 Å². The molecule has 0 aromatic heterocycles. The number of carbonyl (C=O) groups excluding carboxylic acids is 1. The number of hydrogen-bond acceptors (Lipinski definition) is 7. The Kier molecular flexibility index (Phi) is 7.41. The second-order valence-corrected chi connectivity index (χ2v) is 9.29. The van der Waals surface area contributed by atoms with E-state index in [1.54, 1.807) is 24.3 Å². The van der Waals surface area contributed by atoms with E-state index < -0.39 is 26.6 Å². The summed E-state index contributed by atoms with van der Waals surface area (Å²) in [5, 5.41) is 22.9. The first-order chi connectivity index (χ1) is 15.7. The molecule has 0 saturated carbocycles. The standard InChI is InChI=1S/C22H14IN3O6S/c23-17-5-2-6-18(12-17)25-22(27)16(14-24)10-15-4-1-8-20(11-15)32-33(30,31)21-9-3-7-19(13-21)26(28)29/h1-13H,(H,25,27)/b16-10+. The number of hydrogen-bond donors (Lipinski definition) is 1. The molecule has 33 heavy (non-hydrogen) atoms. The lowest BCUT2D eigenvalue weighted by atomic mass is 10.1. The van der Waals surface area contributed by atoms with Crippen LogP contribution in [0.2, 0.25) is 0 Å². The summed E-state index contributed by atoms with van der Waals surface area (Å²) >= 11 is 2.09. The molecule has 1 N–H and O–H groups in total. The van der Waals surface area contributed by atoms with Gasteiger partial charge in [0.1, 0.15) is 22.3 Å². The maximum absolute atomic E-state index is 12.5. The molecule has 3 rings (SSSR count). The number of benzene rings is 3. The summed E-state index contributed by atoms with van der Waals surface area (Å²) in [7, 11) is -4.35. The van der Waals surface area contributed by atoms with Crippen molar-refractivity contribution in [2.75, 3.05) is 5.32 Å². The number of nitrogens with one attached hydrogen (secondary N) is 1. The molecule has 0 heterocycles. The fraction of sp³-hybridized carbons (Fsp3) is 0. The molecule has 0 spiro atoms. The van der Waals surface area contributed by atoms with Crippen LogP contribution in [0.1, 0.15) is 5.56 Å². The van der Waals surface area contributed by atoms with Gasteiger partial charge < -0.3 is 9.50 Å². The van der Waals surface area contributed by atoms with Crippen molar-refractivity contribution in [1.29, 1.82) is 5.26 Å². The molecule has 0 aliphatic carbocycles. The lowest BCUT2D eigenvalue weighted by molar-refractivity contribution is -0.385. The first-order valence-corrected chi connectivity index (χ1v) is 11.6. The van der Waals surface area contributed by atoms with Gasteiger partial charge in [-0.3, -0.25) is 14.9 Å². The highest BCUT2D eigenvalue weighted by molar-refractivity contribution is 14.1. The molecule has 0 atom stereocenters. The highest BCUT2D eigenvalue weighted by Crippen LogP contribution is 2.24. The Balaban J connectivity index is 1.83. The van der Waals surface area contributed by atoms with Crippen LogP contribution >= 0.6 is 22.6 Å². The molecule has 0 fully saturated rings. The van der Waals surface area contributed by atoms with Gasteiger partial charge in [-0.05, 0) is 70.6 Å². The second-order valence-electron chi connectivity index (χ2n) is 6.50. The molecule has 166 valence electrons. The topological polar surface area (TPSA) is 139 Å². The zero-order chi connectivity index (χ0) is 24.0. The molecule has 0 aliphatic heterocycles. The average molecular weight is 575 g/mol. The van der Waals surface area contributed by atoms with Gasteiger partial charge in [0.25, 0.3) is 11.6 Å². The number of nitro benzene ring substituents is 1. The van der Waals surface area contributed by atoms with Gasteiger partial charge >= 0.3 is 10.1 Å². The molecule has 3 aromatic rings. The number of non-ortho nitro benzene ring substituents is 1. The number of halogens is 1. The van der Waals surface area contributed by atoms with E-state index >= 15 is 0 Å². The Morgan fingerprint density at radius 3 is 2.52 bits per heavy atom. The van der Waals surface area contributed by atoms with E-state index in [0.29, 0.717) is 11.3 Å². The first-order valence-electron chi connectivity index (χ1n) is 9.16. The Morgan fingerprint density at radius 2 is 1.82 bits per heavy atom. The van der Waals surface area contributed by atoms with Crippen LogP contribution in [0.5, 0.6) is 5.75 Å². The van der Waals surface area contributed by atoms with Crippen LogP contribution < -0.4 is 9.50 Å². The summed E-state index contributed by atoms with van der Waals surface area (Å²) in [6, 6.07) is 19.0.